The number of rotatable bonds is 7. The minimum atomic E-state index is -2.61. The van der Waals surface area contributed by atoms with Gasteiger partial charge in [-0.1, -0.05) is 0 Å². The first-order chi connectivity index (χ1) is 18.7. The number of halogens is 2. The van der Waals surface area contributed by atoms with Crippen molar-refractivity contribution in [3.05, 3.63) is 151 Å². The molecule has 0 heterocycles. The van der Waals surface area contributed by atoms with Crippen molar-refractivity contribution in [3.63, 3.8) is 0 Å². The molecular formula is C37H36Cl2Zr. The average Bonchev–Trinajstić information content (AvgIpc) is 3.58. The van der Waals surface area contributed by atoms with Crippen LogP contribution < -0.4 is 24.8 Å². The number of benzene rings is 4. The average molecular weight is 643 g/mol. The SMILES string of the molecule is CCC1=CC[C]([Zr+2](=[C](c2ccccc2)c2ccccc2)[CH]2c3cc(CC)ccc3-c3ccc(CC)cc32)=C1.[Cl-].[Cl-]. The van der Waals surface area contributed by atoms with Gasteiger partial charge in [0.2, 0.25) is 0 Å². The Hall–Kier alpha value is -2.31. The van der Waals surface area contributed by atoms with Gasteiger partial charge in [0.25, 0.3) is 0 Å². The molecule has 0 radical (unpaired) electrons. The molecule has 0 aliphatic heterocycles. The quantitative estimate of drug-likeness (QED) is 0.290. The first kappa shape index (κ1) is 30.6. The van der Waals surface area contributed by atoms with Crippen LogP contribution >= 0.6 is 0 Å². The molecule has 0 fully saturated rings. The van der Waals surface area contributed by atoms with Gasteiger partial charge in [-0.25, -0.2) is 0 Å². The van der Waals surface area contributed by atoms with Gasteiger partial charge in [-0.3, -0.25) is 0 Å². The zero-order valence-electron chi connectivity index (χ0n) is 23.6. The van der Waals surface area contributed by atoms with E-state index in [1.54, 1.807) is 17.6 Å². The Labute approximate surface area is 260 Å². The maximum Gasteiger partial charge on any atom is -1.00 e. The summed E-state index contributed by atoms with van der Waals surface area (Å²) >= 11 is -2.61. The molecule has 0 spiro atoms. The van der Waals surface area contributed by atoms with Crippen LogP contribution in [-0.2, 0) is 34.1 Å². The van der Waals surface area contributed by atoms with E-state index in [1.807, 2.05) is 0 Å². The van der Waals surface area contributed by atoms with Crippen molar-refractivity contribution in [1.82, 2.24) is 0 Å². The Morgan fingerprint density at radius 1 is 0.650 bits per heavy atom. The molecule has 40 heavy (non-hydrogen) atoms. The zero-order valence-corrected chi connectivity index (χ0v) is 27.5. The van der Waals surface area contributed by atoms with E-state index < -0.39 is 21.3 Å². The third-order valence-corrected chi connectivity index (χ3v) is 16.6. The number of allylic oxidation sites excluding steroid dienone is 4. The Kier molecular flexibility index (Phi) is 10.4. The number of fused-ring (bicyclic) bond motifs is 3. The van der Waals surface area contributed by atoms with Crippen LogP contribution in [0.3, 0.4) is 0 Å². The summed E-state index contributed by atoms with van der Waals surface area (Å²) < 4.78 is 3.85. The molecule has 4 aromatic rings. The summed E-state index contributed by atoms with van der Waals surface area (Å²) in [6.07, 6.45) is 9.49. The van der Waals surface area contributed by atoms with Gasteiger partial charge in [0.15, 0.2) is 0 Å². The molecule has 0 amide bonds. The van der Waals surface area contributed by atoms with Crippen LogP contribution in [0.25, 0.3) is 11.1 Å². The zero-order chi connectivity index (χ0) is 26.1. The van der Waals surface area contributed by atoms with Gasteiger partial charge in [0.1, 0.15) is 0 Å². The molecule has 0 nitrogen and oxygen atoms in total. The standard InChI is InChI=1S/C17H17.C13H10.C7H9.2ClH.Zr/c1-3-12-5-7-16-14(9-12)11-15-10-13(4-2)6-8-17(15)16;1-3-7-12(8-4-1)11-13-9-5-2-6-10-13;1-2-7-5-3-4-6-7;;;/h5-11H,3-4H2,1-2H3;1-10H;5-6H,2-3H2,1H3;2*1H;/q;;;;;+2/p-2. The molecule has 0 N–H and O–H groups in total. The number of aryl methyl sites for hydroxylation is 2. The molecule has 0 saturated heterocycles. The Morgan fingerprint density at radius 2 is 1.15 bits per heavy atom. The van der Waals surface area contributed by atoms with E-state index in [1.165, 1.54) is 39.0 Å². The fourth-order valence-electron chi connectivity index (χ4n) is 6.31. The smallest absolute Gasteiger partial charge is 1.00 e. The van der Waals surface area contributed by atoms with Crippen molar-refractivity contribution in [2.24, 2.45) is 0 Å². The molecule has 0 unspecified atom stereocenters. The van der Waals surface area contributed by atoms with Crippen LogP contribution in [-0.4, -0.2) is 3.21 Å². The Bertz CT molecular complexity index is 1480. The number of hydrogen-bond acceptors (Lipinski definition) is 0. The largest absolute Gasteiger partial charge is 1.00 e. The molecule has 0 bridgehead atoms. The minimum absolute atomic E-state index is 0. The maximum absolute atomic E-state index is 2.61. The molecule has 0 aromatic heterocycles. The van der Waals surface area contributed by atoms with Gasteiger partial charge in [-0.2, -0.15) is 0 Å². The van der Waals surface area contributed by atoms with E-state index in [0.29, 0.717) is 3.63 Å². The van der Waals surface area contributed by atoms with Crippen molar-refractivity contribution >= 4 is 3.21 Å². The van der Waals surface area contributed by atoms with Crippen molar-refractivity contribution in [3.8, 4) is 11.1 Å². The fourth-order valence-corrected chi connectivity index (χ4v) is 15.4. The topological polar surface area (TPSA) is 0 Å². The van der Waals surface area contributed by atoms with E-state index in [9.17, 15) is 0 Å². The van der Waals surface area contributed by atoms with E-state index >= 15 is 0 Å². The second kappa shape index (κ2) is 13.6. The third-order valence-electron chi connectivity index (χ3n) is 8.34. The Morgan fingerprint density at radius 3 is 1.57 bits per heavy atom. The molecule has 202 valence electrons. The van der Waals surface area contributed by atoms with Crippen molar-refractivity contribution < 1.29 is 46.1 Å². The molecule has 0 atom stereocenters. The first-order valence-electron chi connectivity index (χ1n) is 14.2. The summed E-state index contributed by atoms with van der Waals surface area (Å²) in [7, 11) is 0. The Balaban J connectivity index is 0.00000185. The van der Waals surface area contributed by atoms with Gasteiger partial charge in [-0.15, -0.1) is 0 Å². The first-order valence-corrected chi connectivity index (χ1v) is 18.1. The van der Waals surface area contributed by atoms with E-state index in [-0.39, 0.29) is 24.8 Å². The predicted octanol–water partition coefficient (Wildman–Crippen LogP) is 3.40. The van der Waals surface area contributed by atoms with Crippen molar-refractivity contribution in [2.45, 2.75) is 50.1 Å². The van der Waals surface area contributed by atoms with Crippen LogP contribution in [0.15, 0.2) is 118 Å². The molecule has 6 rings (SSSR count). The van der Waals surface area contributed by atoms with Crippen LogP contribution in [0.5, 0.6) is 0 Å². The van der Waals surface area contributed by atoms with Crippen LogP contribution in [0, 0.1) is 0 Å². The minimum Gasteiger partial charge on any atom is -1.00 e. The predicted molar refractivity (Wildman–Crippen MR) is 160 cm³/mol. The molecule has 3 heteroatoms. The van der Waals surface area contributed by atoms with Gasteiger partial charge < -0.3 is 24.8 Å². The van der Waals surface area contributed by atoms with E-state index in [4.69, 9.17) is 0 Å². The maximum atomic E-state index is 2.60. The van der Waals surface area contributed by atoms with Crippen molar-refractivity contribution in [1.29, 1.82) is 0 Å². The fraction of sp³-hybridized carbons (Fsp3) is 0.216. The normalized spacial score (nSPS) is 13.2. The van der Waals surface area contributed by atoms with Crippen LogP contribution in [0.4, 0.5) is 0 Å². The van der Waals surface area contributed by atoms with E-state index in [0.717, 1.165) is 25.7 Å². The summed E-state index contributed by atoms with van der Waals surface area (Å²) in [6.45, 7) is 6.88. The summed E-state index contributed by atoms with van der Waals surface area (Å²) in [6, 6.07) is 37.3. The van der Waals surface area contributed by atoms with Crippen molar-refractivity contribution in [2.75, 3.05) is 0 Å². The summed E-state index contributed by atoms with van der Waals surface area (Å²) in [5.41, 5.74) is 13.3. The summed E-state index contributed by atoms with van der Waals surface area (Å²) in [4.78, 5) is 0. The molecule has 2 aliphatic rings. The van der Waals surface area contributed by atoms with Crippen LogP contribution in [0.1, 0.15) is 70.6 Å². The number of hydrogen-bond donors (Lipinski definition) is 0. The van der Waals surface area contributed by atoms with Gasteiger partial charge in [-0.05, 0) is 0 Å². The van der Waals surface area contributed by atoms with Gasteiger partial charge >= 0.3 is 237 Å². The molecule has 4 aromatic carbocycles. The van der Waals surface area contributed by atoms with E-state index in [2.05, 4.69) is 130 Å². The summed E-state index contributed by atoms with van der Waals surface area (Å²) in [5.74, 6) is 0. The monoisotopic (exact) mass is 640 g/mol. The van der Waals surface area contributed by atoms with Gasteiger partial charge in [0.05, 0.1) is 0 Å². The molecular weight excluding hydrogens is 607 g/mol. The summed E-state index contributed by atoms with van der Waals surface area (Å²) in [5, 5.41) is 0. The molecule has 2 aliphatic carbocycles. The molecule has 0 saturated carbocycles. The second-order valence-electron chi connectivity index (χ2n) is 10.5. The van der Waals surface area contributed by atoms with Gasteiger partial charge in [0, 0.05) is 0 Å². The second-order valence-corrected chi connectivity index (χ2v) is 16.8. The van der Waals surface area contributed by atoms with Crippen LogP contribution in [0.2, 0.25) is 0 Å². The third kappa shape index (κ3) is 5.72.